The fraction of sp³-hybridized carbons (Fsp3) is 0.333. The van der Waals surface area contributed by atoms with Gasteiger partial charge < -0.3 is 23.4 Å². The fourth-order valence-corrected chi connectivity index (χ4v) is 6.12. The van der Waals surface area contributed by atoms with E-state index >= 15 is 0 Å². The van der Waals surface area contributed by atoms with Gasteiger partial charge in [-0.1, -0.05) is 26.0 Å². The van der Waals surface area contributed by atoms with E-state index in [0.29, 0.717) is 45.4 Å². The molecular weight excluding hydrogens is 508 g/mol. The van der Waals surface area contributed by atoms with E-state index in [1.54, 1.807) is 18.2 Å². The van der Waals surface area contributed by atoms with Gasteiger partial charge in [-0.05, 0) is 63.8 Å². The summed E-state index contributed by atoms with van der Waals surface area (Å²) < 4.78 is 24.4. The number of hydrogen-bond donors (Lipinski definition) is 1. The van der Waals surface area contributed by atoms with Crippen molar-refractivity contribution in [2.24, 2.45) is 0 Å². The standard InChI is InChI=1S/C33H32O7/c1-7-31(2,3)27-29-21(9-11-25(36)38-29)28-26-20(16-32(4,5)39-30(26)27)17-33(6,40-28)13-12-18-14-19-8-10-24(35)37-23(19)15-22(18)34/h7-15,20,34H,1,16-17H2,2-6H3/b13-12-/t20-,33+/m1/s1. The first-order chi connectivity index (χ1) is 18.8. The van der Waals surface area contributed by atoms with Crippen molar-refractivity contribution in [3.8, 4) is 17.2 Å². The Morgan fingerprint density at radius 3 is 2.45 bits per heavy atom. The Kier molecular flexibility index (Phi) is 5.60. The van der Waals surface area contributed by atoms with Crippen LogP contribution in [-0.4, -0.2) is 16.3 Å². The second kappa shape index (κ2) is 8.62. The lowest BCUT2D eigenvalue weighted by Gasteiger charge is -2.47. The minimum absolute atomic E-state index is 0.00378. The van der Waals surface area contributed by atoms with Crippen LogP contribution in [0, 0.1) is 0 Å². The Labute approximate surface area is 231 Å². The Balaban J connectivity index is 1.53. The SMILES string of the molecule is C=CC(C)(C)c1c2c3c(c4ccc(=O)oc14)O[C@@](C)(/C=C\c1cc4ccc(=O)oc4cc1O)C[C@H]3CC(C)(C)O2. The molecule has 0 spiro atoms. The molecule has 6 rings (SSSR count). The average Bonchev–Trinajstić information content (AvgIpc) is 2.86. The third-order valence-corrected chi connectivity index (χ3v) is 8.07. The molecular formula is C33H32O7. The first-order valence-corrected chi connectivity index (χ1v) is 13.4. The van der Waals surface area contributed by atoms with Crippen LogP contribution in [0.2, 0.25) is 0 Å². The van der Waals surface area contributed by atoms with Gasteiger partial charge in [0.05, 0.1) is 5.39 Å². The second-order valence-corrected chi connectivity index (χ2v) is 12.3. The van der Waals surface area contributed by atoms with Crippen LogP contribution in [0.3, 0.4) is 0 Å². The molecule has 0 bridgehead atoms. The summed E-state index contributed by atoms with van der Waals surface area (Å²) in [5, 5.41) is 12.1. The first kappa shape index (κ1) is 26.0. The van der Waals surface area contributed by atoms with Crippen molar-refractivity contribution in [2.45, 2.75) is 70.0 Å². The number of hydrogen-bond acceptors (Lipinski definition) is 7. The molecule has 0 fully saturated rings. The van der Waals surface area contributed by atoms with Gasteiger partial charge in [0, 0.05) is 45.7 Å². The van der Waals surface area contributed by atoms with Crippen molar-refractivity contribution >= 4 is 28.0 Å². The predicted molar refractivity (Wildman–Crippen MR) is 155 cm³/mol. The molecule has 2 aliphatic rings. The van der Waals surface area contributed by atoms with E-state index in [-0.39, 0.29) is 11.7 Å². The van der Waals surface area contributed by atoms with Crippen LogP contribution in [-0.2, 0) is 5.41 Å². The van der Waals surface area contributed by atoms with Crippen LogP contribution in [0.1, 0.15) is 70.1 Å². The molecule has 7 heteroatoms. The van der Waals surface area contributed by atoms with Crippen LogP contribution in [0.15, 0.2) is 73.6 Å². The van der Waals surface area contributed by atoms with Crippen molar-refractivity contribution in [1.29, 1.82) is 0 Å². The molecule has 7 nitrogen and oxygen atoms in total. The van der Waals surface area contributed by atoms with Gasteiger partial charge in [-0.2, -0.15) is 0 Å². The molecule has 1 N–H and O–H groups in total. The number of rotatable bonds is 4. The van der Waals surface area contributed by atoms with E-state index in [1.165, 1.54) is 18.2 Å². The third kappa shape index (κ3) is 4.21. The van der Waals surface area contributed by atoms with Crippen molar-refractivity contribution in [2.75, 3.05) is 0 Å². The number of phenols is 1. The van der Waals surface area contributed by atoms with Crippen molar-refractivity contribution in [1.82, 2.24) is 0 Å². The van der Waals surface area contributed by atoms with Gasteiger partial charge in [0.25, 0.3) is 0 Å². The molecule has 40 heavy (non-hydrogen) atoms. The smallest absolute Gasteiger partial charge is 0.336 e. The van der Waals surface area contributed by atoms with Gasteiger partial charge in [-0.15, -0.1) is 6.58 Å². The number of phenolic OH excluding ortho intramolecular Hbond substituents is 1. The van der Waals surface area contributed by atoms with E-state index in [9.17, 15) is 14.7 Å². The largest absolute Gasteiger partial charge is 0.507 e. The molecule has 4 aromatic rings. The zero-order valence-corrected chi connectivity index (χ0v) is 23.3. The van der Waals surface area contributed by atoms with E-state index in [2.05, 4.69) is 20.4 Å². The minimum atomic E-state index is -0.745. The molecule has 2 atom stereocenters. The highest BCUT2D eigenvalue weighted by molar-refractivity contribution is 5.92. The molecule has 4 heterocycles. The number of ether oxygens (including phenoxy) is 2. The van der Waals surface area contributed by atoms with E-state index in [4.69, 9.17) is 18.3 Å². The molecule has 2 aliphatic heterocycles. The summed E-state index contributed by atoms with van der Waals surface area (Å²) >= 11 is 0. The van der Waals surface area contributed by atoms with Gasteiger partial charge in [-0.25, -0.2) is 9.59 Å². The monoisotopic (exact) mass is 540 g/mol. The summed E-state index contributed by atoms with van der Waals surface area (Å²) in [5.74, 6) is 1.44. The maximum Gasteiger partial charge on any atom is 0.336 e. The van der Waals surface area contributed by atoms with Crippen molar-refractivity contribution in [3.05, 3.63) is 92.7 Å². The third-order valence-electron chi connectivity index (χ3n) is 8.07. The van der Waals surface area contributed by atoms with E-state index in [1.807, 2.05) is 39.0 Å². The van der Waals surface area contributed by atoms with Crippen LogP contribution >= 0.6 is 0 Å². The van der Waals surface area contributed by atoms with Crippen molar-refractivity contribution in [3.63, 3.8) is 0 Å². The zero-order chi connectivity index (χ0) is 28.6. The van der Waals surface area contributed by atoms with Crippen LogP contribution in [0.25, 0.3) is 28.0 Å². The van der Waals surface area contributed by atoms with E-state index in [0.717, 1.165) is 17.5 Å². The molecule has 0 saturated carbocycles. The Morgan fingerprint density at radius 2 is 1.70 bits per heavy atom. The van der Waals surface area contributed by atoms with Gasteiger partial charge >= 0.3 is 11.3 Å². The quantitative estimate of drug-likeness (QED) is 0.220. The zero-order valence-electron chi connectivity index (χ0n) is 23.3. The average molecular weight is 541 g/mol. The maximum atomic E-state index is 12.4. The summed E-state index contributed by atoms with van der Waals surface area (Å²) in [5.41, 5.74) is 0.435. The highest BCUT2D eigenvalue weighted by Crippen LogP contribution is 2.58. The summed E-state index contributed by atoms with van der Waals surface area (Å²) in [6.07, 6.45) is 7.07. The summed E-state index contributed by atoms with van der Waals surface area (Å²) in [6.45, 7) is 14.3. The molecule has 2 aromatic heterocycles. The lowest BCUT2D eigenvalue weighted by molar-refractivity contribution is 0.0319. The van der Waals surface area contributed by atoms with Crippen LogP contribution < -0.4 is 20.7 Å². The summed E-state index contributed by atoms with van der Waals surface area (Å²) in [6, 6.07) is 9.41. The molecule has 2 aromatic carbocycles. The second-order valence-electron chi connectivity index (χ2n) is 12.3. The topological polar surface area (TPSA) is 99.1 Å². The number of allylic oxidation sites excluding steroid dienone is 1. The highest BCUT2D eigenvalue weighted by Gasteiger charge is 2.47. The number of benzene rings is 2. The molecule has 0 aliphatic carbocycles. The van der Waals surface area contributed by atoms with Crippen LogP contribution in [0.4, 0.5) is 0 Å². The minimum Gasteiger partial charge on any atom is -0.507 e. The van der Waals surface area contributed by atoms with Gasteiger partial charge in [0.1, 0.15) is 39.6 Å². The molecule has 0 radical (unpaired) electrons. The first-order valence-electron chi connectivity index (χ1n) is 13.4. The van der Waals surface area contributed by atoms with Gasteiger partial charge in [-0.3, -0.25) is 0 Å². The fourth-order valence-electron chi connectivity index (χ4n) is 6.12. The maximum absolute atomic E-state index is 12.4. The van der Waals surface area contributed by atoms with E-state index < -0.39 is 27.9 Å². The predicted octanol–water partition coefficient (Wildman–Crippen LogP) is 6.97. The normalized spacial score (nSPS) is 21.7. The van der Waals surface area contributed by atoms with Crippen LogP contribution in [0.5, 0.6) is 17.2 Å². The summed E-state index contributed by atoms with van der Waals surface area (Å²) in [4.78, 5) is 24.0. The Morgan fingerprint density at radius 1 is 0.975 bits per heavy atom. The molecule has 206 valence electrons. The molecule has 0 amide bonds. The lowest BCUT2D eigenvalue weighted by Crippen LogP contribution is -2.43. The Hall–Kier alpha value is -4.26. The molecule has 0 unspecified atom stereocenters. The van der Waals surface area contributed by atoms with Crippen molar-refractivity contribution < 1.29 is 23.4 Å². The van der Waals surface area contributed by atoms with Gasteiger partial charge in [0.15, 0.2) is 0 Å². The summed E-state index contributed by atoms with van der Waals surface area (Å²) in [7, 11) is 0. The Bertz CT molecular complexity index is 1850. The molecule has 0 saturated heterocycles. The van der Waals surface area contributed by atoms with Gasteiger partial charge in [0.2, 0.25) is 0 Å². The number of aromatic hydroxyl groups is 1. The highest BCUT2D eigenvalue weighted by atomic mass is 16.5. The number of fused-ring (bicyclic) bond motifs is 3. The lowest BCUT2D eigenvalue weighted by atomic mass is 9.72.